The summed E-state index contributed by atoms with van der Waals surface area (Å²) in [7, 11) is 1.57. The van der Waals surface area contributed by atoms with Crippen molar-refractivity contribution >= 4 is 17.3 Å². The Labute approximate surface area is 176 Å². The third-order valence-corrected chi connectivity index (χ3v) is 4.47. The first kappa shape index (κ1) is 19.8. The van der Waals surface area contributed by atoms with Crippen LogP contribution in [0, 0.1) is 10.1 Å². The minimum Gasteiger partial charge on any atom is -0.497 e. The molecule has 0 saturated carbocycles. The Morgan fingerprint density at radius 3 is 2.68 bits per heavy atom. The Kier molecular flexibility index (Phi) is 5.39. The molecule has 31 heavy (non-hydrogen) atoms. The van der Waals surface area contributed by atoms with Crippen molar-refractivity contribution in [3.8, 4) is 28.6 Å². The molecule has 3 aromatic carbocycles. The van der Waals surface area contributed by atoms with Gasteiger partial charge in [0.05, 0.1) is 23.2 Å². The fraction of sp³-hybridized carbons (Fsp3) is 0.0455. The van der Waals surface area contributed by atoms with Crippen molar-refractivity contribution in [1.82, 2.24) is 10.1 Å². The van der Waals surface area contributed by atoms with E-state index in [1.54, 1.807) is 49.6 Å². The highest BCUT2D eigenvalue weighted by Crippen LogP contribution is 2.27. The van der Waals surface area contributed by atoms with Crippen LogP contribution in [0.2, 0.25) is 0 Å². The maximum Gasteiger partial charge on any atom is 0.271 e. The van der Waals surface area contributed by atoms with Gasteiger partial charge in [0.15, 0.2) is 0 Å². The Morgan fingerprint density at radius 1 is 1.06 bits per heavy atom. The van der Waals surface area contributed by atoms with Crippen LogP contribution in [0.25, 0.3) is 22.8 Å². The number of nitro benzene ring substituents is 1. The van der Waals surface area contributed by atoms with Gasteiger partial charge in [-0.05, 0) is 30.3 Å². The van der Waals surface area contributed by atoms with Crippen molar-refractivity contribution in [3.63, 3.8) is 0 Å². The van der Waals surface area contributed by atoms with Gasteiger partial charge in [-0.25, -0.2) is 0 Å². The predicted octanol–water partition coefficient (Wildman–Crippen LogP) is 4.57. The summed E-state index contributed by atoms with van der Waals surface area (Å²) < 4.78 is 10.6. The smallest absolute Gasteiger partial charge is 0.271 e. The van der Waals surface area contributed by atoms with Gasteiger partial charge in [-0.1, -0.05) is 35.5 Å². The highest BCUT2D eigenvalue weighted by atomic mass is 16.6. The van der Waals surface area contributed by atoms with Gasteiger partial charge in [0.25, 0.3) is 17.5 Å². The largest absolute Gasteiger partial charge is 0.497 e. The zero-order chi connectivity index (χ0) is 21.8. The number of rotatable bonds is 6. The molecule has 0 bridgehead atoms. The lowest BCUT2D eigenvalue weighted by atomic mass is 10.1. The van der Waals surface area contributed by atoms with E-state index in [-0.39, 0.29) is 17.1 Å². The van der Waals surface area contributed by atoms with E-state index >= 15 is 0 Å². The summed E-state index contributed by atoms with van der Waals surface area (Å²) >= 11 is 0. The average Bonchev–Trinajstić information content (AvgIpc) is 3.29. The Balaban J connectivity index is 1.63. The third kappa shape index (κ3) is 4.25. The van der Waals surface area contributed by atoms with Gasteiger partial charge in [-0.2, -0.15) is 4.98 Å². The highest BCUT2D eigenvalue weighted by molar-refractivity contribution is 6.08. The summed E-state index contributed by atoms with van der Waals surface area (Å²) in [6.45, 7) is 0. The zero-order valence-electron chi connectivity index (χ0n) is 16.3. The van der Waals surface area contributed by atoms with Crippen LogP contribution in [0.3, 0.4) is 0 Å². The van der Waals surface area contributed by atoms with Crippen LogP contribution in [0.15, 0.2) is 77.3 Å². The average molecular weight is 416 g/mol. The van der Waals surface area contributed by atoms with Gasteiger partial charge in [0, 0.05) is 23.4 Å². The number of carbonyl (C=O) groups is 1. The van der Waals surface area contributed by atoms with Gasteiger partial charge in [-0.15, -0.1) is 0 Å². The first-order valence-electron chi connectivity index (χ1n) is 9.18. The van der Waals surface area contributed by atoms with E-state index in [4.69, 9.17) is 9.26 Å². The lowest BCUT2D eigenvalue weighted by Crippen LogP contribution is -2.13. The molecule has 0 aliphatic rings. The molecular weight excluding hydrogens is 400 g/mol. The summed E-state index contributed by atoms with van der Waals surface area (Å²) in [4.78, 5) is 27.7. The van der Waals surface area contributed by atoms with Crippen molar-refractivity contribution in [3.05, 3.63) is 88.5 Å². The Bertz CT molecular complexity index is 1270. The quantitative estimate of drug-likeness (QED) is 0.361. The molecule has 1 N–H and O–H groups in total. The lowest BCUT2D eigenvalue weighted by molar-refractivity contribution is -0.384. The normalized spacial score (nSPS) is 10.5. The van der Waals surface area contributed by atoms with Crippen molar-refractivity contribution < 1.29 is 19.0 Å². The number of amides is 1. The SMILES string of the molecule is COc1cccc(-c2noc(-c3ccccc3C(=O)Nc3cccc([N+](=O)[O-])c3)n2)c1. The Morgan fingerprint density at radius 2 is 1.87 bits per heavy atom. The fourth-order valence-electron chi connectivity index (χ4n) is 2.98. The van der Waals surface area contributed by atoms with E-state index in [0.29, 0.717) is 28.4 Å². The number of nitrogens with zero attached hydrogens (tertiary/aromatic N) is 3. The molecule has 1 aromatic heterocycles. The number of hydrogen-bond acceptors (Lipinski definition) is 7. The molecule has 1 amide bonds. The number of benzene rings is 3. The lowest BCUT2D eigenvalue weighted by Gasteiger charge is -2.07. The molecule has 0 atom stereocenters. The Hall–Kier alpha value is -4.53. The second-order valence-electron chi connectivity index (χ2n) is 6.46. The van der Waals surface area contributed by atoms with E-state index in [2.05, 4.69) is 15.5 Å². The molecule has 0 fully saturated rings. The van der Waals surface area contributed by atoms with E-state index < -0.39 is 10.8 Å². The second-order valence-corrected chi connectivity index (χ2v) is 6.46. The van der Waals surface area contributed by atoms with Crippen LogP contribution < -0.4 is 10.1 Å². The van der Waals surface area contributed by atoms with E-state index in [9.17, 15) is 14.9 Å². The number of ether oxygens (including phenoxy) is 1. The molecule has 9 nitrogen and oxygen atoms in total. The number of aromatic nitrogens is 2. The topological polar surface area (TPSA) is 120 Å². The van der Waals surface area contributed by atoms with Gasteiger partial charge in [0.1, 0.15) is 5.75 Å². The summed E-state index contributed by atoms with van der Waals surface area (Å²) in [6, 6.07) is 19.6. The number of hydrogen-bond donors (Lipinski definition) is 1. The van der Waals surface area contributed by atoms with Crippen LogP contribution in [0.1, 0.15) is 10.4 Å². The minimum atomic E-state index is -0.526. The van der Waals surface area contributed by atoms with Crippen LogP contribution in [-0.2, 0) is 0 Å². The summed E-state index contributed by atoms with van der Waals surface area (Å²) in [5, 5.41) is 17.6. The van der Waals surface area contributed by atoms with Crippen LogP contribution in [0.5, 0.6) is 5.75 Å². The first-order chi connectivity index (χ1) is 15.0. The van der Waals surface area contributed by atoms with Gasteiger partial charge < -0.3 is 14.6 Å². The number of nitro groups is 1. The molecule has 4 rings (SSSR count). The number of carbonyl (C=O) groups excluding carboxylic acids is 1. The molecular formula is C22H16N4O5. The molecule has 0 saturated heterocycles. The van der Waals surface area contributed by atoms with Gasteiger partial charge in [0.2, 0.25) is 5.82 Å². The minimum absolute atomic E-state index is 0.120. The third-order valence-electron chi connectivity index (χ3n) is 4.47. The number of methoxy groups -OCH3 is 1. The van der Waals surface area contributed by atoms with Crippen LogP contribution >= 0.6 is 0 Å². The number of anilines is 1. The molecule has 0 aliphatic carbocycles. The van der Waals surface area contributed by atoms with Gasteiger partial charge in [-0.3, -0.25) is 14.9 Å². The summed E-state index contributed by atoms with van der Waals surface area (Å²) in [5.41, 5.74) is 1.61. The number of non-ortho nitro benzene ring substituents is 1. The van der Waals surface area contributed by atoms with Crippen molar-refractivity contribution in [1.29, 1.82) is 0 Å². The van der Waals surface area contributed by atoms with E-state index in [1.165, 1.54) is 18.2 Å². The van der Waals surface area contributed by atoms with Crippen molar-refractivity contribution in [2.24, 2.45) is 0 Å². The van der Waals surface area contributed by atoms with Crippen LogP contribution in [-0.4, -0.2) is 28.1 Å². The zero-order valence-corrected chi connectivity index (χ0v) is 16.3. The predicted molar refractivity (Wildman–Crippen MR) is 113 cm³/mol. The maximum absolute atomic E-state index is 12.9. The van der Waals surface area contributed by atoms with Crippen molar-refractivity contribution in [2.45, 2.75) is 0 Å². The molecule has 1 heterocycles. The molecule has 0 aliphatic heterocycles. The maximum atomic E-state index is 12.9. The van der Waals surface area contributed by atoms with E-state index in [0.717, 1.165) is 0 Å². The summed E-state index contributed by atoms with van der Waals surface area (Å²) in [6.07, 6.45) is 0. The monoisotopic (exact) mass is 416 g/mol. The number of nitrogens with one attached hydrogen (secondary N) is 1. The summed E-state index contributed by atoms with van der Waals surface area (Å²) in [5.74, 6) is 0.711. The second kappa shape index (κ2) is 8.46. The van der Waals surface area contributed by atoms with Crippen LogP contribution in [0.4, 0.5) is 11.4 Å². The van der Waals surface area contributed by atoms with Gasteiger partial charge >= 0.3 is 0 Å². The molecule has 4 aromatic rings. The first-order valence-corrected chi connectivity index (χ1v) is 9.18. The fourth-order valence-corrected chi connectivity index (χ4v) is 2.98. The molecule has 9 heteroatoms. The van der Waals surface area contributed by atoms with Crippen molar-refractivity contribution in [2.75, 3.05) is 12.4 Å². The highest BCUT2D eigenvalue weighted by Gasteiger charge is 2.19. The molecule has 0 spiro atoms. The molecule has 154 valence electrons. The standard InChI is InChI=1S/C22H16N4O5/c1-30-17-9-4-6-14(12-17)20-24-22(31-25-20)19-11-3-2-10-18(19)21(27)23-15-7-5-8-16(13-15)26(28)29/h2-13H,1H3,(H,23,27). The molecule has 0 radical (unpaired) electrons. The van der Waals surface area contributed by atoms with E-state index in [1.807, 2.05) is 12.1 Å². The molecule has 0 unspecified atom stereocenters.